The normalized spacial score (nSPS) is 9.96. The van der Waals surface area contributed by atoms with Crippen molar-refractivity contribution in [2.24, 2.45) is 0 Å². The molecular formula is C15H15N3O4S. The number of carbonyl (C=O) groups is 3. The Kier molecular flexibility index (Phi) is 5.81. The molecule has 120 valence electrons. The van der Waals surface area contributed by atoms with Gasteiger partial charge in [0.15, 0.2) is 5.13 Å². The fourth-order valence-corrected chi connectivity index (χ4v) is 2.27. The summed E-state index contributed by atoms with van der Waals surface area (Å²) in [6.45, 7) is 0. The highest BCUT2D eigenvalue weighted by Crippen LogP contribution is 2.12. The van der Waals surface area contributed by atoms with Gasteiger partial charge in [-0.05, 0) is 24.3 Å². The number of carbonyl (C=O) groups excluding carboxylic acids is 3. The van der Waals surface area contributed by atoms with Gasteiger partial charge in [-0.2, -0.15) is 0 Å². The quantitative estimate of drug-likeness (QED) is 0.791. The SMILES string of the molecule is COC(=O)c1ccc(NC(=O)CCC(=O)Nc2nccs2)cc1. The summed E-state index contributed by atoms with van der Waals surface area (Å²) in [4.78, 5) is 38.7. The van der Waals surface area contributed by atoms with E-state index in [0.717, 1.165) is 0 Å². The average molecular weight is 333 g/mol. The predicted octanol–water partition coefficient (Wildman–Crippen LogP) is 2.29. The maximum absolute atomic E-state index is 11.8. The second-order valence-electron chi connectivity index (χ2n) is 4.50. The van der Waals surface area contributed by atoms with Crippen LogP contribution in [0.1, 0.15) is 23.2 Å². The molecule has 2 aromatic rings. The van der Waals surface area contributed by atoms with Gasteiger partial charge in [0.2, 0.25) is 11.8 Å². The zero-order valence-corrected chi connectivity index (χ0v) is 13.2. The first-order valence-electron chi connectivity index (χ1n) is 6.76. The van der Waals surface area contributed by atoms with E-state index in [9.17, 15) is 14.4 Å². The molecule has 0 unspecified atom stereocenters. The number of thiazole rings is 1. The summed E-state index contributed by atoms with van der Waals surface area (Å²) in [5.41, 5.74) is 0.941. The topological polar surface area (TPSA) is 97.4 Å². The van der Waals surface area contributed by atoms with Crippen LogP contribution >= 0.6 is 11.3 Å². The zero-order chi connectivity index (χ0) is 16.7. The van der Waals surface area contributed by atoms with Gasteiger partial charge < -0.3 is 15.4 Å². The lowest BCUT2D eigenvalue weighted by atomic mass is 10.2. The number of esters is 1. The average Bonchev–Trinajstić information content (AvgIpc) is 3.06. The molecule has 1 aromatic carbocycles. The lowest BCUT2D eigenvalue weighted by Gasteiger charge is -2.06. The fourth-order valence-electron chi connectivity index (χ4n) is 1.72. The Morgan fingerprint density at radius 2 is 1.74 bits per heavy atom. The molecule has 1 aromatic heterocycles. The Bertz CT molecular complexity index is 683. The summed E-state index contributed by atoms with van der Waals surface area (Å²) >= 11 is 1.31. The molecule has 2 N–H and O–H groups in total. The molecule has 23 heavy (non-hydrogen) atoms. The summed E-state index contributed by atoms with van der Waals surface area (Å²) in [5.74, 6) is -0.997. The molecule has 1 heterocycles. The third-order valence-electron chi connectivity index (χ3n) is 2.85. The molecule has 0 saturated carbocycles. The van der Waals surface area contributed by atoms with Crippen molar-refractivity contribution >= 4 is 39.9 Å². The number of benzene rings is 1. The Hall–Kier alpha value is -2.74. The minimum atomic E-state index is -0.443. The van der Waals surface area contributed by atoms with Crippen LogP contribution in [0.5, 0.6) is 0 Å². The summed E-state index contributed by atoms with van der Waals surface area (Å²) in [7, 11) is 1.30. The molecule has 0 bridgehead atoms. The number of hydrogen-bond acceptors (Lipinski definition) is 6. The summed E-state index contributed by atoms with van der Waals surface area (Å²) in [6.07, 6.45) is 1.70. The van der Waals surface area contributed by atoms with Crippen LogP contribution in [-0.4, -0.2) is 29.9 Å². The van der Waals surface area contributed by atoms with E-state index >= 15 is 0 Å². The Balaban J connectivity index is 1.78. The van der Waals surface area contributed by atoms with E-state index < -0.39 is 5.97 Å². The Morgan fingerprint density at radius 3 is 2.30 bits per heavy atom. The number of hydrogen-bond donors (Lipinski definition) is 2. The molecule has 0 aliphatic heterocycles. The van der Waals surface area contributed by atoms with Gasteiger partial charge in [-0.25, -0.2) is 9.78 Å². The van der Waals surface area contributed by atoms with E-state index in [4.69, 9.17) is 0 Å². The highest BCUT2D eigenvalue weighted by atomic mass is 32.1. The number of rotatable bonds is 6. The number of nitrogens with zero attached hydrogens (tertiary/aromatic N) is 1. The number of nitrogens with one attached hydrogen (secondary N) is 2. The van der Waals surface area contributed by atoms with Crippen LogP contribution in [0.2, 0.25) is 0 Å². The first-order chi connectivity index (χ1) is 11.1. The van der Waals surface area contributed by atoms with Crippen molar-refractivity contribution < 1.29 is 19.1 Å². The molecule has 0 spiro atoms. The second-order valence-corrected chi connectivity index (χ2v) is 5.40. The van der Waals surface area contributed by atoms with Crippen LogP contribution in [0.25, 0.3) is 0 Å². The second kappa shape index (κ2) is 8.04. The predicted molar refractivity (Wildman–Crippen MR) is 86.4 cm³/mol. The van der Waals surface area contributed by atoms with Gasteiger partial charge in [0.05, 0.1) is 12.7 Å². The van der Waals surface area contributed by atoms with Crippen molar-refractivity contribution in [3.05, 3.63) is 41.4 Å². The molecule has 0 radical (unpaired) electrons. The van der Waals surface area contributed by atoms with Crippen LogP contribution in [0.15, 0.2) is 35.8 Å². The summed E-state index contributed by atoms with van der Waals surface area (Å²) in [6, 6.07) is 6.30. The van der Waals surface area contributed by atoms with Crippen LogP contribution < -0.4 is 10.6 Å². The summed E-state index contributed by atoms with van der Waals surface area (Å²) in [5, 5.41) is 7.52. The third-order valence-corrected chi connectivity index (χ3v) is 3.54. The molecule has 2 rings (SSSR count). The first-order valence-corrected chi connectivity index (χ1v) is 7.64. The van der Waals surface area contributed by atoms with E-state index in [-0.39, 0.29) is 24.7 Å². The molecule has 0 atom stereocenters. The standard InChI is InChI=1S/C15H15N3O4S/c1-22-14(21)10-2-4-11(5-3-10)17-12(19)6-7-13(20)18-15-16-8-9-23-15/h2-5,8-9H,6-7H2,1H3,(H,17,19)(H,16,18,20). The number of amides is 2. The van der Waals surface area contributed by atoms with E-state index in [0.29, 0.717) is 16.4 Å². The molecule has 0 fully saturated rings. The summed E-state index contributed by atoms with van der Waals surface area (Å²) < 4.78 is 4.59. The van der Waals surface area contributed by atoms with Crippen molar-refractivity contribution in [3.63, 3.8) is 0 Å². The molecule has 0 aliphatic carbocycles. The van der Waals surface area contributed by atoms with Crippen LogP contribution in [-0.2, 0) is 14.3 Å². The van der Waals surface area contributed by atoms with Crippen LogP contribution in [0, 0.1) is 0 Å². The zero-order valence-electron chi connectivity index (χ0n) is 12.4. The number of ether oxygens (including phenoxy) is 1. The van der Waals surface area contributed by atoms with Gasteiger partial charge in [-0.15, -0.1) is 11.3 Å². The highest BCUT2D eigenvalue weighted by Gasteiger charge is 2.09. The van der Waals surface area contributed by atoms with Gasteiger partial charge in [-0.1, -0.05) is 0 Å². The van der Waals surface area contributed by atoms with Crippen molar-refractivity contribution in [2.75, 3.05) is 17.7 Å². The van der Waals surface area contributed by atoms with E-state index in [1.165, 1.54) is 18.4 Å². The van der Waals surface area contributed by atoms with Gasteiger partial charge in [0, 0.05) is 30.1 Å². The van der Waals surface area contributed by atoms with Crippen molar-refractivity contribution in [2.45, 2.75) is 12.8 Å². The molecule has 0 aliphatic rings. The third kappa shape index (κ3) is 5.19. The van der Waals surface area contributed by atoms with Crippen molar-refractivity contribution in [1.82, 2.24) is 4.98 Å². The van der Waals surface area contributed by atoms with Gasteiger partial charge in [-0.3, -0.25) is 9.59 Å². The maximum atomic E-state index is 11.8. The fraction of sp³-hybridized carbons (Fsp3) is 0.200. The Morgan fingerprint density at radius 1 is 1.09 bits per heavy atom. The Labute approximate surface area is 136 Å². The minimum absolute atomic E-state index is 0.0515. The van der Waals surface area contributed by atoms with Gasteiger partial charge >= 0.3 is 5.97 Å². The largest absolute Gasteiger partial charge is 0.465 e. The smallest absolute Gasteiger partial charge is 0.337 e. The molecule has 0 saturated heterocycles. The monoisotopic (exact) mass is 333 g/mol. The maximum Gasteiger partial charge on any atom is 0.337 e. The van der Waals surface area contributed by atoms with E-state index in [1.807, 2.05) is 0 Å². The van der Waals surface area contributed by atoms with E-state index in [2.05, 4.69) is 20.4 Å². The number of aromatic nitrogens is 1. The van der Waals surface area contributed by atoms with Crippen molar-refractivity contribution in [1.29, 1.82) is 0 Å². The van der Waals surface area contributed by atoms with Crippen LogP contribution in [0.4, 0.5) is 10.8 Å². The van der Waals surface area contributed by atoms with Crippen LogP contribution in [0.3, 0.4) is 0 Å². The minimum Gasteiger partial charge on any atom is -0.465 e. The van der Waals surface area contributed by atoms with E-state index in [1.54, 1.807) is 35.8 Å². The van der Waals surface area contributed by atoms with Gasteiger partial charge in [0.1, 0.15) is 0 Å². The number of anilines is 2. The number of methoxy groups -OCH3 is 1. The lowest BCUT2D eigenvalue weighted by molar-refractivity contribution is -0.121. The molecule has 2 amide bonds. The highest BCUT2D eigenvalue weighted by molar-refractivity contribution is 7.13. The van der Waals surface area contributed by atoms with Crippen molar-refractivity contribution in [3.8, 4) is 0 Å². The van der Waals surface area contributed by atoms with Gasteiger partial charge in [0.25, 0.3) is 0 Å². The molecular weight excluding hydrogens is 318 g/mol. The first kappa shape index (κ1) is 16.6. The molecule has 8 heteroatoms. The lowest BCUT2D eigenvalue weighted by Crippen LogP contribution is -2.17. The molecule has 7 nitrogen and oxygen atoms in total.